The van der Waals surface area contributed by atoms with Crippen molar-refractivity contribution in [2.75, 3.05) is 20.3 Å². The second kappa shape index (κ2) is 6.32. The van der Waals surface area contributed by atoms with E-state index in [1.165, 1.54) is 0 Å². The number of carboxylic acid groups (broad SMARTS) is 1. The molecule has 2 rings (SSSR count). The maximum absolute atomic E-state index is 11.1. The Morgan fingerprint density at radius 1 is 1.50 bits per heavy atom. The van der Waals surface area contributed by atoms with E-state index in [1.807, 2.05) is 11.9 Å². The molecule has 1 aliphatic rings. The van der Waals surface area contributed by atoms with E-state index in [-0.39, 0.29) is 12.6 Å². The SMILES string of the molecule is CC(C)Cc1noc(CN(C)C2COCC2C(=O)O)n1. The quantitative estimate of drug-likeness (QED) is 0.826. The summed E-state index contributed by atoms with van der Waals surface area (Å²) >= 11 is 0. The lowest BCUT2D eigenvalue weighted by molar-refractivity contribution is -0.143. The van der Waals surface area contributed by atoms with Crippen molar-refractivity contribution in [3.05, 3.63) is 11.7 Å². The van der Waals surface area contributed by atoms with Gasteiger partial charge in [0.05, 0.1) is 25.7 Å². The highest BCUT2D eigenvalue weighted by atomic mass is 16.5. The van der Waals surface area contributed by atoms with E-state index in [9.17, 15) is 4.79 Å². The largest absolute Gasteiger partial charge is 0.481 e. The van der Waals surface area contributed by atoms with Crippen LogP contribution in [0.5, 0.6) is 0 Å². The van der Waals surface area contributed by atoms with Gasteiger partial charge in [0, 0.05) is 12.5 Å². The summed E-state index contributed by atoms with van der Waals surface area (Å²) in [5.41, 5.74) is 0. The van der Waals surface area contributed by atoms with Crippen molar-refractivity contribution in [1.29, 1.82) is 0 Å². The van der Waals surface area contributed by atoms with Gasteiger partial charge in [0.1, 0.15) is 0 Å². The van der Waals surface area contributed by atoms with E-state index in [1.54, 1.807) is 0 Å². The molecule has 0 aliphatic carbocycles. The number of hydrogen-bond donors (Lipinski definition) is 1. The van der Waals surface area contributed by atoms with Gasteiger partial charge >= 0.3 is 5.97 Å². The van der Waals surface area contributed by atoms with Gasteiger partial charge in [-0.15, -0.1) is 0 Å². The summed E-state index contributed by atoms with van der Waals surface area (Å²) < 4.78 is 10.5. The number of likely N-dealkylation sites (N-methyl/N-ethyl adjacent to an activating group) is 1. The number of ether oxygens (including phenoxy) is 1. The van der Waals surface area contributed by atoms with E-state index in [2.05, 4.69) is 24.0 Å². The van der Waals surface area contributed by atoms with Crippen LogP contribution in [0, 0.1) is 11.8 Å². The molecule has 1 fully saturated rings. The molecule has 1 aromatic heterocycles. The number of aliphatic carboxylic acids is 1. The zero-order valence-electron chi connectivity index (χ0n) is 12.1. The minimum absolute atomic E-state index is 0.159. The Morgan fingerprint density at radius 2 is 2.25 bits per heavy atom. The average molecular weight is 283 g/mol. The minimum atomic E-state index is -0.828. The third-order valence-corrected chi connectivity index (χ3v) is 3.42. The molecule has 2 unspecified atom stereocenters. The minimum Gasteiger partial charge on any atom is -0.481 e. The molecular formula is C13H21N3O4. The summed E-state index contributed by atoms with van der Waals surface area (Å²) in [5, 5.41) is 13.1. The maximum Gasteiger partial charge on any atom is 0.310 e. The first-order valence-electron chi connectivity index (χ1n) is 6.79. The fourth-order valence-corrected chi connectivity index (χ4v) is 2.35. The molecule has 1 saturated heterocycles. The Balaban J connectivity index is 1.95. The van der Waals surface area contributed by atoms with Gasteiger partial charge in [0.25, 0.3) is 0 Å². The van der Waals surface area contributed by atoms with E-state index in [0.29, 0.717) is 30.8 Å². The van der Waals surface area contributed by atoms with E-state index in [4.69, 9.17) is 14.4 Å². The number of carboxylic acids is 1. The zero-order valence-corrected chi connectivity index (χ0v) is 12.1. The summed E-state index contributed by atoms with van der Waals surface area (Å²) in [6.45, 7) is 5.29. The maximum atomic E-state index is 11.1. The molecule has 7 nitrogen and oxygen atoms in total. The summed E-state index contributed by atoms with van der Waals surface area (Å²) in [6.07, 6.45) is 0.775. The fraction of sp³-hybridized carbons (Fsp3) is 0.769. The molecule has 1 aromatic rings. The molecule has 2 atom stereocenters. The van der Waals surface area contributed by atoms with Crippen molar-refractivity contribution in [1.82, 2.24) is 15.0 Å². The highest BCUT2D eigenvalue weighted by Gasteiger charge is 2.37. The molecule has 1 N–H and O–H groups in total. The topological polar surface area (TPSA) is 88.7 Å². The van der Waals surface area contributed by atoms with Crippen LogP contribution in [-0.4, -0.2) is 52.4 Å². The van der Waals surface area contributed by atoms with Crippen LogP contribution in [0.2, 0.25) is 0 Å². The van der Waals surface area contributed by atoms with E-state index in [0.717, 1.165) is 6.42 Å². The molecule has 112 valence electrons. The van der Waals surface area contributed by atoms with Crippen LogP contribution in [0.1, 0.15) is 25.6 Å². The van der Waals surface area contributed by atoms with E-state index < -0.39 is 11.9 Å². The van der Waals surface area contributed by atoms with E-state index >= 15 is 0 Å². The predicted octanol–water partition coefficient (Wildman–Crippen LogP) is 0.800. The third kappa shape index (κ3) is 3.55. The van der Waals surface area contributed by atoms with Gasteiger partial charge in [-0.1, -0.05) is 19.0 Å². The monoisotopic (exact) mass is 283 g/mol. The molecule has 0 amide bonds. The first-order chi connectivity index (χ1) is 9.47. The number of nitrogens with zero attached hydrogens (tertiary/aromatic N) is 3. The highest BCUT2D eigenvalue weighted by Crippen LogP contribution is 2.20. The number of rotatable bonds is 6. The molecular weight excluding hydrogens is 262 g/mol. The van der Waals surface area contributed by atoms with Crippen molar-refractivity contribution >= 4 is 5.97 Å². The van der Waals surface area contributed by atoms with Gasteiger partial charge < -0.3 is 14.4 Å². The summed E-state index contributed by atoms with van der Waals surface area (Å²) in [4.78, 5) is 17.4. The van der Waals surface area contributed by atoms with Crippen LogP contribution in [0.3, 0.4) is 0 Å². The molecule has 0 saturated carbocycles. The molecule has 7 heteroatoms. The summed E-state index contributed by atoms with van der Waals surface area (Å²) in [7, 11) is 1.85. The zero-order chi connectivity index (χ0) is 14.7. The summed E-state index contributed by atoms with van der Waals surface area (Å²) in [5.74, 6) is 0.348. The second-order valence-corrected chi connectivity index (χ2v) is 5.67. The predicted molar refractivity (Wildman–Crippen MR) is 70.0 cm³/mol. The normalized spacial score (nSPS) is 22.9. The fourth-order valence-electron chi connectivity index (χ4n) is 2.35. The number of carbonyl (C=O) groups is 1. The molecule has 20 heavy (non-hydrogen) atoms. The second-order valence-electron chi connectivity index (χ2n) is 5.67. The first kappa shape index (κ1) is 14.9. The van der Waals surface area contributed by atoms with Gasteiger partial charge in [0.2, 0.25) is 5.89 Å². The lowest BCUT2D eigenvalue weighted by Crippen LogP contribution is -2.40. The van der Waals surface area contributed by atoms with Gasteiger partial charge in [-0.2, -0.15) is 4.98 Å². The van der Waals surface area contributed by atoms with Gasteiger partial charge in [-0.05, 0) is 13.0 Å². The van der Waals surface area contributed by atoms with Crippen LogP contribution in [0.4, 0.5) is 0 Å². The average Bonchev–Trinajstić information content (AvgIpc) is 2.96. The standard InChI is InChI=1S/C13H21N3O4/c1-8(2)4-11-14-12(20-15-11)5-16(3)10-7-19-6-9(10)13(17)18/h8-10H,4-7H2,1-3H3,(H,17,18). The van der Waals surface area contributed by atoms with Crippen molar-refractivity contribution in [2.45, 2.75) is 32.9 Å². The highest BCUT2D eigenvalue weighted by molar-refractivity contribution is 5.71. The lowest BCUT2D eigenvalue weighted by Gasteiger charge is -2.24. The molecule has 0 bridgehead atoms. The van der Waals surface area contributed by atoms with Crippen molar-refractivity contribution in [3.63, 3.8) is 0 Å². The number of hydrogen-bond acceptors (Lipinski definition) is 6. The molecule has 1 aliphatic heterocycles. The Kier molecular flexibility index (Phi) is 4.72. The van der Waals surface area contributed by atoms with Crippen molar-refractivity contribution in [2.24, 2.45) is 11.8 Å². The Hall–Kier alpha value is -1.47. The van der Waals surface area contributed by atoms with Crippen molar-refractivity contribution < 1.29 is 19.2 Å². The van der Waals surface area contributed by atoms with Crippen LogP contribution >= 0.6 is 0 Å². The Labute approximate surface area is 117 Å². The van der Waals surface area contributed by atoms with Crippen LogP contribution in [0.15, 0.2) is 4.52 Å². The van der Waals surface area contributed by atoms with Crippen molar-refractivity contribution in [3.8, 4) is 0 Å². The molecule has 2 heterocycles. The first-order valence-corrected chi connectivity index (χ1v) is 6.79. The smallest absolute Gasteiger partial charge is 0.310 e. The summed E-state index contributed by atoms with van der Waals surface area (Å²) in [6, 6.07) is -0.159. The lowest BCUT2D eigenvalue weighted by atomic mass is 10.0. The Bertz CT molecular complexity index is 460. The molecule has 0 spiro atoms. The van der Waals surface area contributed by atoms with Crippen LogP contribution in [0.25, 0.3) is 0 Å². The van der Waals surface area contributed by atoms with Gasteiger partial charge in [-0.25, -0.2) is 0 Å². The third-order valence-electron chi connectivity index (χ3n) is 3.42. The number of aromatic nitrogens is 2. The van der Waals surface area contributed by atoms with Gasteiger partial charge in [-0.3, -0.25) is 9.69 Å². The van der Waals surface area contributed by atoms with Crippen LogP contribution < -0.4 is 0 Å². The Morgan fingerprint density at radius 3 is 2.90 bits per heavy atom. The molecule has 0 aromatic carbocycles. The van der Waals surface area contributed by atoms with Crippen LogP contribution in [-0.2, 0) is 22.5 Å². The molecule has 0 radical (unpaired) electrons. The van der Waals surface area contributed by atoms with Gasteiger partial charge in [0.15, 0.2) is 5.82 Å².